The number of thioether (sulfide) groups is 1. The maximum atomic E-state index is 13.4. The van der Waals surface area contributed by atoms with Crippen molar-refractivity contribution >= 4 is 29.7 Å². The highest BCUT2D eigenvalue weighted by Crippen LogP contribution is 2.44. The minimum atomic E-state index is -1.13. The molecule has 3 aromatic rings. The van der Waals surface area contributed by atoms with Crippen molar-refractivity contribution in [2.24, 2.45) is 7.05 Å². The van der Waals surface area contributed by atoms with Crippen molar-refractivity contribution < 1.29 is 24.2 Å². The molecule has 2 aliphatic rings. The van der Waals surface area contributed by atoms with Crippen LogP contribution in [0.1, 0.15) is 28.8 Å². The molecule has 2 heterocycles. The second-order valence-corrected chi connectivity index (χ2v) is 9.44. The van der Waals surface area contributed by atoms with Crippen LogP contribution in [0.5, 0.6) is 0 Å². The highest BCUT2D eigenvalue weighted by atomic mass is 32.2. The lowest BCUT2D eigenvalue weighted by Gasteiger charge is -2.26. The summed E-state index contributed by atoms with van der Waals surface area (Å²) in [5.41, 5.74) is 4.83. The molecule has 0 spiro atoms. The molecule has 35 heavy (non-hydrogen) atoms. The lowest BCUT2D eigenvalue weighted by atomic mass is 9.98. The number of ether oxygens (including phenoxy) is 1. The van der Waals surface area contributed by atoms with Crippen molar-refractivity contribution in [1.82, 2.24) is 20.0 Å². The smallest absolute Gasteiger partial charge is 0.408 e. The number of carboxylic acid groups (broad SMARTS) is 1. The van der Waals surface area contributed by atoms with E-state index in [4.69, 9.17) is 4.74 Å². The number of hydrogen-bond donors (Lipinski definition) is 2. The summed E-state index contributed by atoms with van der Waals surface area (Å²) in [6.07, 6.45) is 0.757. The van der Waals surface area contributed by atoms with E-state index in [1.165, 1.54) is 27.5 Å². The number of carboxylic acids is 1. The summed E-state index contributed by atoms with van der Waals surface area (Å²) in [6, 6.07) is 15.6. The van der Waals surface area contributed by atoms with E-state index in [9.17, 15) is 19.5 Å². The van der Waals surface area contributed by atoms with Gasteiger partial charge >= 0.3 is 12.1 Å². The van der Waals surface area contributed by atoms with Crippen LogP contribution in [0.25, 0.3) is 11.1 Å². The van der Waals surface area contributed by atoms with Gasteiger partial charge in [0.05, 0.1) is 11.6 Å². The van der Waals surface area contributed by atoms with Crippen LogP contribution in [0.3, 0.4) is 0 Å². The zero-order valence-electron chi connectivity index (χ0n) is 19.0. The van der Waals surface area contributed by atoms with Crippen LogP contribution in [-0.2, 0) is 21.4 Å². The molecule has 1 aromatic heterocycles. The number of amides is 2. The molecule has 2 unspecified atom stereocenters. The summed E-state index contributed by atoms with van der Waals surface area (Å²) < 4.78 is 7.10. The van der Waals surface area contributed by atoms with Crippen LogP contribution in [-0.4, -0.2) is 62.0 Å². The molecule has 1 aliphatic heterocycles. The molecular weight excluding hydrogens is 468 g/mol. The number of nitrogens with one attached hydrogen (secondary N) is 1. The molecule has 0 saturated carbocycles. The number of aromatic nitrogens is 2. The van der Waals surface area contributed by atoms with Crippen LogP contribution in [0.4, 0.5) is 4.79 Å². The monoisotopic (exact) mass is 492 g/mol. The summed E-state index contributed by atoms with van der Waals surface area (Å²) in [4.78, 5) is 39.2. The Morgan fingerprint density at radius 3 is 2.37 bits per heavy atom. The number of alkyl carbamates (subject to hydrolysis) is 1. The zero-order chi connectivity index (χ0) is 24.5. The molecule has 1 fully saturated rings. The van der Waals surface area contributed by atoms with E-state index in [0.29, 0.717) is 11.4 Å². The normalized spacial score (nSPS) is 17.5. The Bertz CT molecular complexity index is 1250. The minimum Gasteiger partial charge on any atom is -0.480 e. The second kappa shape index (κ2) is 9.46. The van der Waals surface area contributed by atoms with E-state index in [2.05, 4.69) is 22.5 Å². The molecule has 2 aromatic carbocycles. The Labute approximate surface area is 206 Å². The number of carbonyl (C=O) groups excluding carboxylic acids is 2. The molecule has 2 atom stereocenters. The molecule has 1 aliphatic carbocycles. The topological polar surface area (TPSA) is 114 Å². The third-order valence-corrected chi connectivity index (χ3v) is 7.47. The Morgan fingerprint density at radius 1 is 1.11 bits per heavy atom. The standard InChI is InChI=1S/C25H24N4O5S/c1-28-20(10-11-26-28)22(23(30)29-14-35-13-21(29)24(31)32)27-25(33)34-12-19-17-8-4-2-6-15(17)16-7-3-5-9-18(16)19/h2-11,19,21-22H,12-14H2,1H3,(H,27,33)(H,31,32). The molecule has 2 N–H and O–H groups in total. The molecule has 1 saturated heterocycles. The van der Waals surface area contributed by atoms with E-state index in [0.717, 1.165) is 22.3 Å². The van der Waals surface area contributed by atoms with Gasteiger partial charge in [0.1, 0.15) is 12.6 Å². The Kier molecular flexibility index (Phi) is 6.21. The first-order chi connectivity index (χ1) is 17.0. The maximum absolute atomic E-state index is 13.4. The highest BCUT2D eigenvalue weighted by Gasteiger charge is 2.40. The van der Waals surface area contributed by atoms with Gasteiger partial charge in [-0.1, -0.05) is 48.5 Å². The maximum Gasteiger partial charge on any atom is 0.408 e. The van der Waals surface area contributed by atoms with E-state index < -0.39 is 30.1 Å². The summed E-state index contributed by atoms with van der Waals surface area (Å²) >= 11 is 1.36. The number of hydrogen-bond acceptors (Lipinski definition) is 6. The molecule has 9 nitrogen and oxygen atoms in total. The van der Waals surface area contributed by atoms with Crippen molar-refractivity contribution in [2.75, 3.05) is 18.2 Å². The Balaban J connectivity index is 1.34. The fraction of sp³-hybridized carbons (Fsp3) is 0.280. The zero-order valence-corrected chi connectivity index (χ0v) is 19.8. The second-order valence-electron chi connectivity index (χ2n) is 8.44. The van der Waals surface area contributed by atoms with Gasteiger partial charge in [0.2, 0.25) is 0 Å². The summed E-state index contributed by atoms with van der Waals surface area (Å²) in [6.45, 7) is 0.101. The van der Waals surface area contributed by atoms with E-state index >= 15 is 0 Å². The van der Waals surface area contributed by atoms with Crippen molar-refractivity contribution in [2.45, 2.75) is 18.0 Å². The van der Waals surface area contributed by atoms with Crippen LogP contribution >= 0.6 is 11.8 Å². The van der Waals surface area contributed by atoms with E-state index in [1.54, 1.807) is 13.1 Å². The highest BCUT2D eigenvalue weighted by molar-refractivity contribution is 7.99. The minimum absolute atomic E-state index is 0.101. The molecule has 0 bridgehead atoms. The van der Waals surface area contributed by atoms with Crippen molar-refractivity contribution in [1.29, 1.82) is 0 Å². The Hall–Kier alpha value is -3.79. The first kappa shape index (κ1) is 23.0. The molecule has 2 amide bonds. The number of carbonyl (C=O) groups is 3. The van der Waals surface area contributed by atoms with Crippen LogP contribution in [0, 0.1) is 0 Å². The number of fused-ring (bicyclic) bond motifs is 3. The van der Waals surface area contributed by atoms with Crippen molar-refractivity contribution in [3.05, 3.63) is 77.6 Å². The molecular formula is C25H24N4O5S. The van der Waals surface area contributed by atoms with Gasteiger partial charge in [0.15, 0.2) is 6.04 Å². The fourth-order valence-electron chi connectivity index (χ4n) is 4.72. The summed E-state index contributed by atoms with van der Waals surface area (Å²) in [5, 5.41) is 16.3. The van der Waals surface area contributed by atoms with Gasteiger partial charge < -0.3 is 20.1 Å². The quantitative estimate of drug-likeness (QED) is 0.544. The summed E-state index contributed by atoms with van der Waals surface area (Å²) in [5.74, 6) is -1.18. The lowest BCUT2D eigenvalue weighted by Crippen LogP contribution is -2.48. The van der Waals surface area contributed by atoms with Crippen molar-refractivity contribution in [3.8, 4) is 11.1 Å². The fourth-order valence-corrected chi connectivity index (χ4v) is 5.87. The number of aryl methyl sites for hydroxylation is 1. The van der Waals surface area contributed by atoms with E-state index in [1.807, 2.05) is 36.4 Å². The van der Waals surface area contributed by atoms with Gasteiger partial charge in [-0.3, -0.25) is 9.48 Å². The van der Waals surface area contributed by atoms with Crippen LogP contribution in [0.15, 0.2) is 60.8 Å². The molecule has 5 rings (SSSR count). The largest absolute Gasteiger partial charge is 0.480 e. The van der Waals surface area contributed by atoms with Crippen molar-refractivity contribution in [3.63, 3.8) is 0 Å². The number of benzene rings is 2. The third kappa shape index (κ3) is 4.25. The Morgan fingerprint density at radius 2 is 1.77 bits per heavy atom. The van der Waals surface area contributed by atoms with Crippen LogP contribution in [0.2, 0.25) is 0 Å². The number of nitrogens with zero attached hydrogens (tertiary/aromatic N) is 3. The SMILES string of the molecule is Cn1nccc1C(NC(=O)OCC1c2ccccc2-c2ccccc21)C(=O)N1CSCC1C(=O)O. The van der Waals surface area contributed by atoms with Gasteiger partial charge in [-0.2, -0.15) is 5.10 Å². The van der Waals surface area contributed by atoms with Gasteiger partial charge in [-0.15, -0.1) is 11.8 Å². The van der Waals surface area contributed by atoms with Gasteiger partial charge in [-0.25, -0.2) is 9.59 Å². The number of aliphatic carboxylic acids is 1. The first-order valence-corrected chi connectivity index (χ1v) is 12.3. The molecule has 0 radical (unpaired) electrons. The molecule has 180 valence electrons. The predicted molar refractivity (Wildman–Crippen MR) is 130 cm³/mol. The summed E-state index contributed by atoms with van der Waals surface area (Å²) in [7, 11) is 1.66. The van der Waals surface area contributed by atoms with Gasteiger partial charge in [0.25, 0.3) is 5.91 Å². The third-order valence-electron chi connectivity index (χ3n) is 6.46. The van der Waals surface area contributed by atoms with Gasteiger partial charge in [0, 0.05) is 24.9 Å². The van der Waals surface area contributed by atoms with E-state index in [-0.39, 0.29) is 18.4 Å². The molecule has 10 heteroatoms. The average Bonchev–Trinajstić information content (AvgIpc) is 3.58. The average molecular weight is 493 g/mol. The lowest BCUT2D eigenvalue weighted by molar-refractivity contribution is -0.148. The predicted octanol–water partition coefficient (Wildman–Crippen LogP) is 2.99. The number of rotatable bonds is 6. The van der Waals surface area contributed by atoms with Gasteiger partial charge in [-0.05, 0) is 28.3 Å². The van der Waals surface area contributed by atoms with Crippen LogP contribution < -0.4 is 5.32 Å². The first-order valence-electron chi connectivity index (χ1n) is 11.2.